The first-order valence-corrected chi connectivity index (χ1v) is 6.44. The second-order valence-corrected chi connectivity index (χ2v) is 5.66. The molecule has 2 nitrogen and oxygen atoms in total. The first-order chi connectivity index (χ1) is 9.41. The first kappa shape index (κ1) is 14.3. The number of hydrogen-bond donors (Lipinski definition) is 0. The molecule has 0 N–H and O–H groups in total. The van der Waals surface area contributed by atoms with Gasteiger partial charge in [-0.2, -0.15) is 0 Å². The van der Waals surface area contributed by atoms with E-state index in [9.17, 15) is 9.18 Å². The lowest BCUT2D eigenvalue weighted by atomic mass is 9.86. The maximum atomic E-state index is 13.9. The molecule has 104 valence electrons. The average molecular weight is 272 g/mol. The van der Waals surface area contributed by atoms with E-state index in [4.69, 9.17) is 4.74 Å². The lowest BCUT2D eigenvalue weighted by Gasteiger charge is -2.22. The molecule has 0 fully saturated rings. The molecule has 0 bridgehead atoms. The minimum atomic E-state index is -0.543. The third-order valence-corrected chi connectivity index (χ3v) is 3.01. The van der Waals surface area contributed by atoms with Crippen molar-refractivity contribution in [2.24, 2.45) is 0 Å². The van der Waals surface area contributed by atoms with Crippen LogP contribution in [0.25, 0.3) is 0 Å². The summed E-state index contributed by atoms with van der Waals surface area (Å²) in [7, 11) is 0. The van der Waals surface area contributed by atoms with Gasteiger partial charge in [-0.3, -0.25) is 4.79 Å². The van der Waals surface area contributed by atoms with Crippen LogP contribution >= 0.6 is 0 Å². The SMILES string of the molecule is CC(C)(C)c1ccccc1Oc1ccc(C=O)cc1F. The number of rotatable bonds is 3. The van der Waals surface area contributed by atoms with Crippen molar-refractivity contribution >= 4 is 6.29 Å². The third-order valence-electron chi connectivity index (χ3n) is 3.01. The Kier molecular flexibility index (Phi) is 3.89. The van der Waals surface area contributed by atoms with E-state index in [0.29, 0.717) is 17.6 Å². The van der Waals surface area contributed by atoms with Crippen molar-refractivity contribution in [2.45, 2.75) is 26.2 Å². The van der Waals surface area contributed by atoms with Gasteiger partial charge in [0.1, 0.15) is 12.0 Å². The molecule has 0 aliphatic carbocycles. The summed E-state index contributed by atoms with van der Waals surface area (Å²) in [5.74, 6) is 0.198. The van der Waals surface area contributed by atoms with E-state index < -0.39 is 5.82 Å². The van der Waals surface area contributed by atoms with Gasteiger partial charge in [-0.15, -0.1) is 0 Å². The first-order valence-electron chi connectivity index (χ1n) is 6.44. The van der Waals surface area contributed by atoms with Crippen LogP contribution in [-0.2, 0) is 5.41 Å². The molecule has 0 unspecified atom stereocenters. The van der Waals surface area contributed by atoms with Gasteiger partial charge < -0.3 is 4.74 Å². The molecule has 0 aromatic heterocycles. The number of benzene rings is 2. The van der Waals surface area contributed by atoms with E-state index >= 15 is 0 Å². The Morgan fingerprint density at radius 1 is 1.05 bits per heavy atom. The summed E-state index contributed by atoms with van der Waals surface area (Å²) in [4.78, 5) is 10.6. The number of hydrogen-bond acceptors (Lipinski definition) is 2. The quantitative estimate of drug-likeness (QED) is 0.755. The Morgan fingerprint density at radius 3 is 2.35 bits per heavy atom. The zero-order chi connectivity index (χ0) is 14.8. The smallest absolute Gasteiger partial charge is 0.166 e. The maximum absolute atomic E-state index is 13.9. The van der Waals surface area contributed by atoms with Crippen LogP contribution in [0.2, 0.25) is 0 Å². The summed E-state index contributed by atoms with van der Waals surface area (Å²) in [5, 5.41) is 0. The number of carbonyl (C=O) groups excluding carboxylic acids is 1. The van der Waals surface area contributed by atoms with Gasteiger partial charge in [0.15, 0.2) is 11.6 Å². The van der Waals surface area contributed by atoms with Gasteiger partial charge >= 0.3 is 0 Å². The van der Waals surface area contributed by atoms with Crippen LogP contribution in [-0.4, -0.2) is 6.29 Å². The number of para-hydroxylation sites is 1. The molecule has 0 atom stereocenters. The third kappa shape index (κ3) is 3.05. The van der Waals surface area contributed by atoms with Crippen molar-refractivity contribution in [1.29, 1.82) is 0 Å². The van der Waals surface area contributed by atoms with Crippen molar-refractivity contribution in [2.75, 3.05) is 0 Å². The van der Waals surface area contributed by atoms with Crippen LogP contribution in [0.4, 0.5) is 4.39 Å². The van der Waals surface area contributed by atoms with E-state index in [1.807, 2.05) is 24.3 Å². The van der Waals surface area contributed by atoms with Gasteiger partial charge in [0.25, 0.3) is 0 Å². The van der Waals surface area contributed by atoms with Gasteiger partial charge in [0, 0.05) is 11.1 Å². The van der Waals surface area contributed by atoms with Gasteiger partial charge in [0.05, 0.1) is 0 Å². The number of carbonyl (C=O) groups is 1. The molecular formula is C17H17FO2. The highest BCUT2D eigenvalue weighted by molar-refractivity contribution is 5.75. The molecule has 0 heterocycles. The molecule has 3 heteroatoms. The minimum absolute atomic E-state index is 0.101. The van der Waals surface area contributed by atoms with Crippen molar-refractivity contribution in [3.63, 3.8) is 0 Å². The van der Waals surface area contributed by atoms with E-state index in [1.165, 1.54) is 18.2 Å². The van der Waals surface area contributed by atoms with E-state index in [0.717, 1.165) is 5.56 Å². The Labute approximate surface area is 118 Å². The van der Waals surface area contributed by atoms with Crippen LogP contribution in [0, 0.1) is 5.82 Å². The predicted molar refractivity (Wildman–Crippen MR) is 77.0 cm³/mol. The average Bonchev–Trinajstić information content (AvgIpc) is 2.40. The highest BCUT2D eigenvalue weighted by atomic mass is 19.1. The topological polar surface area (TPSA) is 26.3 Å². The van der Waals surface area contributed by atoms with Crippen molar-refractivity contribution in [3.8, 4) is 11.5 Å². The normalized spacial score (nSPS) is 11.2. The molecular weight excluding hydrogens is 255 g/mol. The second kappa shape index (κ2) is 5.45. The number of halogens is 1. The molecule has 0 saturated heterocycles. The fraction of sp³-hybridized carbons (Fsp3) is 0.235. The summed E-state index contributed by atoms with van der Waals surface area (Å²) in [6.45, 7) is 6.21. The fourth-order valence-electron chi connectivity index (χ4n) is 1.97. The monoisotopic (exact) mass is 272 g/mol. The van der Waals surface area contributed by atoms with Crippen LogP contribution < -0.4 is 4.74 Å². The molecule has 2 aromatic carbocycles. The van der Waals surface area contributed by atoms with Crippen molar-refractivity contribution in [1.82, 2.24) is 0 Å². The van der Waals surface area contributed by atoms with Crippen molar-refractivity contribution in [3.05, 3.63) is 59.4 Å². The van der Waals surface area contributed by atoms with Crippen molar-refractivity contribution < 1.29 is 13.9 Å². The Balaban J connectivity index is 2.38. The highest BCUT2D eigenvalue weighted by Crippen LogP contribution is 2.34. The zero-order valence-electron chi connectivity index (χ0n) is 11.8. The van der Waals surface area contributed by atoms with Crippen LogP contribution in [0.1, 0.15) is 36.7 Å². The number of aldehydes is 1. The Bertz CT molecular complexity index is 627. The van der Waals surface area contributed by atoms with Crippen LogP contribution in [0.5, 0.6) is 11.5 Å². The molecule has 2 rings (SSSR count). The highest BCUT2D eigenvalue weighted by Gasteiger charge is 2.19. The Morgan fingerprint density at radius 2 is 1.75 bits per heavy atom. The standard InChI is InChI=1S/C17H17FO2/c1-17(2,3)13-6-4-5-7-15(13)20-16-9-8-12(11-19)10-14(16)18/h4-11H,1-3H3. The molecule has 0 amide bonds. The van der Waals surface area contributed by atoms with Gasteiger partial charge in [-0.05, 0) is 29.7 Å². The molecule has 2 aromatic rings. The van der Waals surface area contributed by atoms with E-state index in [1.54, 1.807) is 0 Å². The van der Waals surface area contributed by atoms with Gasteiger partial charge in [0.2, 0.25) is 0 Å². The summed E-state index contributed by atoms with van der Waals surface area (Å²) in [6.07, 6.45) is 0.607. The largest absolute Gasteiger partial charge is 0.454 e. The summed E-state index contributed by atoms with van der Waals surface area (Å²) in [5.41, 5.74) is 1.19. The lowest BCUT2D eigenvalue weighted by Crippen LogP contribution is -2.12. The number of ether oxygens (including phenoxy) is 1. The second-order valence-electron chi connectivity index (χ2n) is 5.66. The predicted octanol–water partition coefficient (Wildman–Crippen LogP) is 4.73. The molecule has 0 saturated carbocycles. The molecule has 0 spiro atoms. The summed E-state index contributed by atoms with van der Waals surface area (Å²) in [6, 6.07) is 11.7. The minimum Gasteiger partial charge on any atom is -0.454 e. The zero-order valence-corrected chi connectivity index (χ0v) is 11.8. The summed E-state index contributed by atoms with van der Waals surface area (Å²) >= 11 is 0. The van der Waals surface area contributed by atoms with Gasteiger partial charge in [-0.25, -0.2) is 4.39 Å². The molecule has 0 aliphatic rings. The molecule has 0 radical (unpaired) electrons. The lowest BCUT2D eigenvalue weighted by molar-refractivity contribution is 0.112. The van der Waals surface area contributed by atoms with Gasteiger partial charge in [-0.1, -0.05) is 39.0 Å². The molecule has 0 aliphatic heterocycles. The van der Waals surface area contributed by atoms with E-state index in [-0.39, 0.29) is 11.2 Å². The van der Waals surface area contributed by atoms with Crippen LogP contribution in [0.15, 0.2) is 42.5 Å². The maximum Gasteiger partial charge on any atom is 0.166 e. The van der Waals surface area contributed by atoms with Crippen LogP contribution in [0.3, 0.4) is 0 Å². The van der Waals surface area contributed by atoms with E-state index in [2.05, 4.69) is 20.8 Å². The fourth-order valence-corrected chi connectivity index (χ4v) is 1.97. The Hall–Kier alpha value is -2.16. The summed E-state index contributed by atoms with van der Waals surface area (Å²) < 4.78 is 19.5. The molecule has 20 heavy (non-hydrogen) atoms.